The number of benzene rings is 1. The fourth-order valence-corrected chi connectivity index (χ4v) is 2.16. The highest BCUT2D eigenvalue weighted by Gasteiger charge is 2.14. The number of nitrogens with one attached hydrogen (secondary N) is 2. The molecule has 1 unspecified atom stereocenters. The number of hydrogen-bond acceptors (Lipinski definition) is 3. The topological polar surface area (TPSA) is 33.3 Å². The van der Waals surface area contributed by atoms with Crippen molar-refractivity contribution in [1.82, 2.24) is 0 Å². The Morgan fingerprint density at radius 3 is 3.00 bits per heavy atom. The van der Waals surface area contributed by atoms with Crippen molar-refractivity contribution in [2.75, 3.05) is 24.3 Å². The van der Waals surface area contributed by atoms with Gasteiger partial charge in [-0.1, -0.05) is 13.3 Å². The summed E-state index contributed by atoms with van der Waals surface area (Å²) in [5.41, 5.74) is 2.34. The van der Waals surface area contributed by atoms with E-state index < -0.39 is 0 Å². The summed E-state index contributed by atoms with van der Waals surface area (Å²) in [5.74, 6) is 0.905. The Kier molecular flexibility index (Phi) is 3.54. The highest BCUT2D eigenvalue weighted by molar-refractivity contribution is 5.71. The average Bonchev–Trinajstić information content (AvgIpc) is 2.50. The van der Waals surface area contributed by atoms with E-state index in [-0.39, 0.29) is 0 Å². The Labute approximate surface area is 97.2 Å². The highest BCUT2D eigenvalue weighted by atomic mass is 16.5. The highest BCUT2D eigenvalue weighted by Crippen LogP contribution is 2.30. The Balaban J connectivity index is 2.17. The van der Waals surface area contributed by atoms with Gasteiger partial charge in [-0.05, 0) is 25.0 Å². The van der Waals surface area contributed by atoms with E-state index in [0.717, 1.165) is 18.0 Å². The van der Waals surface area contributed by atoms with Crippen LogP contribution in [0.1, 0.15) is 26.2 Å². The minimum atomic E-state index is 0.590. The van der Waals surface area contributed by atoms with Crippen molar-refractivity contribution < 1.29 is 4.74 Å². The number of rotatable bonds is 3. The first-order chi connectivity index (χ1) is 7.83. The van der Waals surface area contributed by atoms with Crippen LogP contribution >= 0.6 is 0 Å². The zero-order valence-corrected chi connectivity index (χ0v) is 10.0. The average molecular weight is 220 g/mol. The monoisotopic (exact) mass is 220 g/mol. The molecule has 16 heavy (non-hydrogen) atoms. The predicted molar refractivity (Wildman–Crippen MR) is 68.4 cm³/mol. The molecule has 1 atom stereocenters. The zero-order valence-electron chi connectivity index (χ0n) is 10.0. The third-order valence-corrected chi connectivity index (χ3v) is 3.03. The molecular weight excluding hydrogens is 200 g/mol. The van der Waals surface area contributed by atoms with E-state index in [1.165, 1.54) is 24.9 Å². The van der Waals surface area contributed by atoms with Crippen molar-refractivity contribution in [3.63, 3.8) is 0 Å². The smallest absolute Gasteiger partial charge is 0.121 e. The SMILES string of the molecule is CCCC1CCNc2cc(OC)ccc2N1. The second kappa shape index (κ2) is 5.10. The summed E-state index contributed by atoms with van der Waals surface area (Å²) >= 11 is 0. The van der Waals surface area contributed by atoms with Crippen molar-refractivity contribution in [1.29, 1.82) is 0 Å². The van der Waals surface area contributed by atoms with Crippen LogP contribution in [0, 0.1) is 0 Å². The normalized spacial score (nSPS) is 19.0. The predicted octanol–water partition coefficient (Wildman–Crippen LogP) is 3.09. The second-order valence-electron chi connectivity index (χ2n) is 4.26. The van der Waals surface area contributed by atoms with Crippen LogP contribution < -0.4 is 15.4 Å². The van der Waals surface area contributed by atoms with Crippen LogP contribution in [0.5, 0.6) is 5.75 Å². The van der Waals surface area contributed by atoms with Gasteiger partial charge >= 0.3 is 0 Å². The first-order valence-corrected chi connectivity index (χ1v) is 6.02. The Morgan fingerprint density at radius 2 is 2.25 bits per heavy atom. The van der Waals surface area contributed by atoms with E-state index in [9.17, 15) is 0 Å². The van der Waals surface area contributed by atoms with E-state index in [1.807, 2.05) is 6.07 Å². The molecular formula is C13H20N2O. The lowest BCUT2D eigenvalue weighted by Crippen LogP contribution is -2.19. The summed E-state index contributed by atoms with van der Waals surface area (Å²) in [5, 5.41) is 7.04. The number of hydrogen-bond donors (Lipinski definition) is 2. The van der Waals surface area contributed by atoms with E-state index in [4.69, 9.17) is 4.74 Å². The molecule has 3 nitrogen and oxygen atoms in total. The summed E-state index contributed by atoms with van der Waals surface area (Å²) in [6.07, 6.45) is 3.63. The summed E-state index contributed by atoms with van der Waals surface area (Å²) in [6.45, 7) is 3.26. The standard InChI is InChI=1S/C13H20N2O/c1-3-4-10-7-8-14-13-9-11(16-2)5-6-12(13)15-10/h5-6,9-10,14-15H,3-4,7-8H2,1-2H3. The minimum Gasteiger partial charge on any atom is -0.497 e. The number of methoxy groups -OCH3 is 1. The van der Waals surface area contributed by atoms with Gasteiger partial charge in [0.15, 0.2) is 0 Å². The number of anilines is 2. The van der Waals surface area contributed by atoms with Gasteiger partial charge in [-0.25, -0.2) is 0 Å². The first kappa shape index (κ1) is 11.1. The molecule has 0 saturated heterocycles. The molecule has 1 aliphatic heterocycles. The van der Waals surface area contributed by atoms with E-state index in [0.29, 0.717) is 6.04 Å². The van der Waals surface area contributed by atoms with Gasteiger partial charge < -0.3 is 15.4 Å². The first-order valence-electron chi connectivity index (χ1n) is 6.02. The van der Waals surface area contributed by atoms with Gasteiger partial charge in [0.25, 0.3) is 0 Å². The largest absolute Gasteiger partial charge is 0.497 e. The molecule has 2 rings (SSSR count). The van der Waals surface area contributed by atoms with Crippen LogP contribution in [-0.2, 0) is 0 Å². The van der Waals surface area contributed by atoms with Crippen LogP contribution in [0.2, 0.25) is 0 Å². The molecule has 0 aromatic heterocycles. The lowest BCUT2D eigenvalue weighted by atomic mass is 10.1. The van der Waals surface area contributed by atoms with Crippen molar-refractivity contribution in [3.8, 4) is 5.75 Å². The molecule has 0 bridgehead atoms. The summed E-state index contributed by atoms with van der Waals surface area (Å²) in [4.78, 5) is 0. The van der Waals surface area contributed by atoms with Crippen molar-refractivity contribution in [3.05, 3.63) is 18.2 Å². The van der Waals surface area contributed by atoms with E-state index >= 15 is 0 Å². The van der Waals surface area contributed by atoms with Gasteiger partial charge in [-0.2, -0.15) is 0 Å². The molecule has 0 fully saturated rings. The lowest BCUT2D eigenvalue weighted by Gasteiger charge is -2.16. The lowest BCUT2D eigenvalue weighted by molar-refractivity contribution is 0.415. The molecule has 1 heterocycles. The second-order valence-corrected chi connectivity index (χ2v) is 4.26. The maximum Gasteiger partial charge on any atom is 0.121 e. The molecule has 2 N–H and O–H groups in total. The molecule has 0 radical (unpaired) electrons. The quantitative estimate of drug-likeness (QED) is 0.821. The molecule has 0 saturated carbocycles. The maximum atomic E-state index is 5.23. The van der Waals surface area contributed by atoms with Gasteiger partial charge in [0, 0.05) is 18.7 Å². The van der Waals surface area contributed by atoms with Crippen LogP contribution in [0.4, 0.5) is 11.4 Å². The Hall–Kier alpha value is -1.38. The molecule has 1 aromatic carbocycles. The van der Waals surface area contributed by atoms with Gasteiger partial charge in [0.05, 0.1) is 18.5 Å². The molecule has 0 amide bonds. The van der Waals surface area contributed by atoms with Crippen LogP contribution in [0.15, 0.2) is 18.2 Å². The minimum absolute atomic E-state index is 0.590. The maximum absolute atomic E-state index is 5.23. The van der Waals surface area contributed by atoms with Crippen molar-refractivity contribution >= 4 is 11.4 Å². The fourth-order valence-electron chi connectivity index (χ4n) is 2.16. The molecule has 1 aliphatic rings. The molecule has 0 aliphatic carbocycles. The van der Waals surface area contributed by atoms with Gasteiger partial charge in [0.2, 0.25) is 0 Å². The third kappa shape index (κ3) is 2.40. The number of ether oxygens (including phenoxy) is 1. The summed E-state index contributed by atoms with van der Waals surface area (Å²) in [6, 6.07) is 6.74. The zero-order chi connectivity index (χ0) is 11.4. The summed E-state index contributed by atoms with van der Waals surface area (Å²) < 4.78 is 5.23. The molecule has 88 valence electrons. The molecule has 1 aromatic rings. The Morgan fingerprint density at radius 1 is 1.38 bits per heavy atom. The Bertz CT molecular complexity index is 352. The van der Waals surface area contributed by atoms with E-state index in [1.54, 1.807) is 7.11 Å². The van der Waals surface area contributed by atoms with Crippen LogP contribution in [0.3, 0.4) is 0 Å². The molecule has 3 heteroatoms. The number of fused-ring (bicyclic) bond motifs is 1. The van der Waals surface area contributed by atoms with E-state index in [2.05, 4.69) is 29.7 Å². The third-order valence-electron chi connectivity index (χ3n) is 3.03. The van der Waals surface area contributed by atoms with Gasteiger partial charge in [-0.15, -0.1) is 0 Å². The summed E-state index contributed by atoms with van der Waals surface area (Å²) in [7, 11) is 1.70. The van der Waals surface area contributed by atoms with Crippen molar-refractivity contribution in [2.45, 2.75) is 32.2 Å². The van der Waals surface area contributed by atoms with Gasteiger partial charge in [-0.3, -0.25) is 0 Å². The fraction of sp³-hybridized carbons (Fsp3) is 0.538. The molecule has 0 spiro atoms. The van der Waals surface area contributed by atoms with Crippen molar-refractivity contribution in [2.24, 2.45) is 0 Å². The van der Waals surface area contributed by atoms with Crippen LogP contribution in [-0.4, -0.2) is 19.7 Å². The van der Waals surface area contributed by atoms with Gasteiger partial charge in [0.1, 0.15) is 5.75 Å². The van der Waals surface area contributed by atoms with Crippen LogP contribution in [0.25, 0.3) is 0 Å².